The van der Waals surface area contributed by atoms with E-state index in [2.05, 4.69) is 5.32 Å². The molecule has 0 aromatic heterocycles. The van der Waals surface area contributed by atoms with Crippen LogP contribution < -0.4 is 19.5 Å². The third-order valence-electron chi connectivity index (χ3n) is 3.85. The molecule has 0 aliphatic carbocycles. The minimum Gasteiger partial charge on any atom is -0.493 e. The van der Waals surface area contributed by atoms with Crippen molar-refractivity contribution in [2.75, 3.05) is 33.1 Å². The van der Waals surface area contributed by atoms with Gasteiger partial charge in [0.2, 0.25) is 0 Å². The van der Waals surface area contributed by atoms with Gasteiger partial charge in [-0.05, 0) is 30.7 Å². The summed E-state index contributed by atoms with van der Waals surface area (Å²) in [5, 5.41) is 12.5. The van der Waals surface area contributed by atoms with E-state index in [0.717, 1.165) is 5.56 Å². The number of hydrogen-bond acceptors (Lipinski definition) is 6. The maximum Gasteiger partial charge on any atom is 0.258 e. The van der Waals surface area contributed by atoms with Crippen LogP contribution in [-0.4, -0.2) is 54.5 Å². The summed E-state index contributed by atoms with van der Waals surface area (Å²) in [6.45, 7) is 1.68. The summed E-state index contributed by atoms with van der Waals surface area (Å²) in [6.07, 6.45) is 0.738. The Bertz CT molecular complexity index is 812. The van der Waals surface area contributed by atoms with Crippen LogP contribution in [-0.2, 0) is 15.6 Å². The fraction of sp³-hybridized carbons (Fsp3) is 0.350. The third-order valence-corrected chi connectivity index (χ3v) is 4.91. The van der Waals surface area contributed by atoms with Crippen molar-refractivity contribution < 1.29 is 28.3 Å². The fourth-order valence-corrected chi connectivity index (χ4v) is 3.20. The molecular weight excluding hydrogens is 382 g/mol. The Morgan fingerprint density at radius 1 is 1.18 bits per heavy atom. The van der Waals surface area contributed by atoms with Gasteiger partial charge in [-0.15, -0.1) is 0 Å². The average Bonchev–Trinajstić information content (AvgIpc) is 2.69. The van der Waals surface area contributed by atoms with Crippen molar-refractivity contribution in [1.82, 2.24) is 5.32 Å². The van der Waals surface area contributed by atoms with Crippen LogP contribution in [0.25, 0.3) is 0 Å². The highest BCUT2D eigenvalue weighted by Crippen LogP contribution is 2.31. The number of nitrogens with one attached hydrogen (secondary N) is 1. The highest BCUT2D eigenvalue weighted by molar-refractivity contribution is 7.84. The molecule has 0 aliphatic rings. The van der Waals surface area contributed by atoms with E-state index in [1.165, 1.54) is 7.11 Å². The first-order valence-corrected chi connectivity index (χ1v) is 10.2. The van der Waals surface area contributed by atoms with E-state index >= 15 is 0 Å². The number of para-hydroxylation sites is 1. The second-order valence-corrected chi connectivity index (χ2v) is 7.44. The fourth-order valence-electron chi connectivity index (χ4n) is 2.42. The van der Waals surface area contributed by atoms with Crippen LogP contribution in [0.1, 0.15) is 5.56 Å². The molecule has 2 N–H and O–H groups in total. The Kier molecular flexibility index (Phi) is 8.28. The van der Waals surface area contributed by atoms with Crippen molar-refractivity contribution in [2.24, 2.45) is 0 Å². The summed E-state index contributed by atoms with van der Waals surface area (Å²) in [7, 11) is 0.323. The van der Waals surface area contributed by atoms with Crippen LogP contribution in [0.2, 0.25) is 0 Å². The molecule has 0 aliphatic heterocycles. The third kappa shape index (κ3) is 6.54. The van der Waals surface area contributed by atoms with Gasteiger partial charge in [0.1, 0.15) is 18.5 Å². The molecule has 2 aromatic rings. The molecule has 0 radical (unpaired) electrons. The summed E-state index contributed by atoms with van der Waals surface area (Å²) < 4.78 is 27.9. The number of aliphatic hydroxyl groups excluding tert-OH is 1. The van der Waals surface area contributed by atoms with Crippen LogP contribution in [0, 0.1) is 6.92 Å². The second kappa shape index (κ2) is 10.7. The molecule has 2 unspecified atom stereocenters. The van der Waals surface area contributed by atoms with Crippen LogP contribution >= 0.6 is 0 Å². The van der Waals surface area contributed by atoms with Gasteiger partial charge in [0.15, 0.2) is 18.1 Å². The zero-order valence-electron chi connectivity index (χ0n) is 16.1. The molecule has 0 saturated heterocycles. The summed E-state index contributed by atoms with van der Waals surface area (Å²) in [5.74, 6) is 1.05. The summed E-state index contributed by atoms with van der Waals surface area (Å²) in [6, 6.07) is 12.4. The molecule has 2 aromatic carbocycles. The number of benzene rings is 2. The van der Waals surface area contributed by atoms with Crippen LogP contribution in [0.15, 0.2) is 47.4 Å². The van der Waals surface area contributed by atoms with Gasteiger partial charge >= 0.3 is 0 Å². The highest BCUT2D eigenvalue weighted by Gasteiger charge is 2.14. The summed E-state index contributed by atoms with van der Waals surface area (Å²) >= 11 is 0. The zero-order valence-corrected chi connectivity index (χ0v) is 17.0. The Morgan fingerprint density at radius 2 is 1.89 bits per heavy atom. The number of rotatable bonds is 10. The molecule has 0 fully saturated rings. The molecule has 2 rings (SSSR count). The molecule has 8 heteroatoms. The van der Waals surface area contributed by atoms with Gasteiger partial charge in [0, 0.05) is 23.8 Å². The molecule has 0 heterocycles. The lowest BCUT2D eigenvalue weighted by molar-refractivity contribution is -0.123. The Morgan fingerprint density at radius 3 is 2.54 bits per heavy atom. The van der Waals surface area contributed by atoms with Crippen molar-refractivity contribution in [3.05, 3.63) is 48.0 Å². The van der Waals surface area contributed by atoms with Gasteiger partial charge in [-0.25, -0.2) is 0 Å². The largest absolute Gasteiger partial charge is 0.493 e. The molecule has 7 nitrogen and oxygen atoms in total. The van der Waals surface area contributed by atoms with Gasteiger partial charge in [0.05, 0.1) is 17.9 Å². The predicted octanol–water partition coefficient (Wildman–Crippen LogP) is 1.68. The second-order valence-electron chi connectivity index (χ2n) is 6.09. The van der Waals surface area contributed by atoms with Gasteiger partial charge in [0.25, 0.3) is 5.91 Å². The van der Waals surface area contributed by atoms with E-state index in [9.17, 15) is 14.1 Å². The van der Waals surface area contributed by atoms with E-state index in [-0.39, 0.29) is 25.7 Å². The standard InChI is InChI=1S/C20H25NO6S/c1-14-9-18(17(25-2)10-19(14)28(3)24)27-13-20(23)21-11-15(22)12-26-16-7-5-4-6-8-16/h4-10,15,22H,11-13H2,1-3H3,(H,21,23). The first-order chi connectivity index (χ1) is 13.4. The molecule has 0 bridgehead atoms. The van der Waals surface area contributed by atoms with E-state index in [1.54, 1.807) is 30.5 Å². The Hall–Kier alpha value is -2.58. The summed E-state index contributed by atoms with van der Waals surface area (Å²) in [4.78, 5) is 12.6. The first-order valence-electron chi connectivity index (χ1n) is 8.68. The number of aliphatic hydroxyl groups is 1. The SMILES string of the molecule is COc1cc(S(C)=O)c(C)cc1OCC(=O)NCC(O)COc1ccccc1. The van der Waals surface area contributed by atoms with Crippen LogP contribution in [0.5, 0.6) is 17.2 Å². The van der Waals surface area contributed by atoms with E-state index in [1.807, 2.05) is 25.1 Å². The molecule has 1 amide bonds. The van der Waals surface area contributed by atoms with Gasteiger partial charge in [-0.1, -0.05) is 18.2 Å². The van der Waals surface area contributed by atoms with Crippen molar-refractivity contribution >= 4 is 16.7 Å². The Balaban J connectivity index is 1.80. The normalized spacial score (nSPS) is 12.7. The van der Waals surface area contributed by atoms with Crippen molar-refractivity contribution in [3.63, 3.8) is 0 Å². The lowest BCUT2D eigenvalue weighted by Gasteiger charge is -2.15. The molecule has 0 spiro atoms. The lowest BCUT2D eigenvalue weighted by Crippen LogP contribution is -2.37. The number of amides is 1. The summed E-state index contributed by atoms with van der Waals surface area (Å²) in [5.41, 5.74) is 0.783. The van der Waals surface area contributed by atoms with Crippen molar-refractivity contribution in [2.45, 2.75) is 17.9 Å². The number of carbonyl (C=O) groups excluding carboxylic acids is 1. The number of methoxy groups -OCH3 is 1. The smallest absolute Gasteiger partial charge is 0.258 e. The highest BCUT2D eigenvalue weighted by atomic mass is 32.2. The van der Waals surface area contributed by atoms with E-state index in [0.29, 0.717) is 22.1 Å². The molecule has 0 saturated carbocycles. The molecular formula is C20H25NO6S. The van der Waals surface area contributed by atoms with Crippen LogP contribution in [0.3, 0.4) is 0 Å². The zero-order chi connectivity index (χ0) is 20.5. The quantitative estimate of drug-likeness (QED) is 0.622. The first kappa shape index (κ1) is 21.7. The number of aryl methyl sites for hydroxylation is 1. The Labute approximate surface area is 167 Å². The minimum absolute atomic E-state index is 0.0406. The average molecular weight is 407 g/mol. The van der Waals surface area contributed by atoms with E-state index in [4.69, 9.17) is 14.2 Å². The maximum absolute atomic E-state index is 12.0. The maximum atomic E-state index is 12.0. The van der Waals surface area contributed by atoms with E-state index < -0.39 is 16.9 Å². The van der Waals surface area contributed by atoms with Crippen LogP contribution in [0.4, 0.5) is 0 Å². The molecule has 152 valence electrons. The van der Waals surface area contributed by atoms with Crippen molar-refractivity contribution in [1.29, 1.82) is 0 Å². The molecule has 28 heavy (non-hydrogen) atoms. The van der Waals surface area contributed by atoms with Gasteiger partial charge in [-0.3, -0.25) is 9.00 Å². The monoisotopic (exact) mass is 407 g/mol. The predicted molar refractivity (Wildman–Crippen MR) is 107 cm³/mol. The topological polar surface area (TPSA) is 94.1 Å². The number of carbonyl (C=O) groups is 1. The number of hydrogen-bond donors (Lipinski definition) is 2. The van der Waals surface area contributed by atoms with Gasteiger partial charge in [-0.2, -0.15) is 0 Å². The number of ether oxygens (including phenoxy) is 3. The minimum atomic E-state index is -1.15. The molecule has 2 atom stereocenters. The van der Waals surface area contributed by atoms with Crippen molar-refractivity contribution in [3.8, 4) is 17.2 Å². The van der Waals surface area contributed by atoms with Gasteiger partial charge < -0.3 is 24.6 Å². The lowest BCUT2D eigenvalue weighted by atomic mass is 10.2.